The average Bonchev–Trinajstić information content (AvgIpc) is 2.46. The SMILES string of the molecule is COc1ccc(C[C@@H](NC(=O)[C@@H](O)CC(C)C)C(=O)O)cc1. The van der Waals surface area contributed by atoms with E-state index in [1.165, 1.54) is 0 Å². The number of nitrogens with one attached hydrogen (secondary N) is 1. The fraction of sp³-hybridized carbons (Fsp3) is 0.500. The molecule has 6 nitrogen and oxygen atoms in total. The van der Waals surface area contributed by atoms with Crippen LogP contribution in [0.2, 0.25) is 0 Å². The molecule has 0 bridgehead atoms. The Morgan fingerprint density at radius 2 is 1.82 bits per heavy atom. The maximum atomic E-state index is 11.8. The van der Waals surface area contributed by atoms with Crippen molar-refractivity contribution in [1.82, 2.24) is 5.32 Å². The summed E-state index contributed by atoms with van der Waals surface area (Å²) in [4.78, 5) is 23.1. The molecule has 0 radical (unpaired) electrons. The normalized spacial score (nSPS) is 13.5. The van der Waals surface area contributed by atoms with E-state index in [1.807, 2.05) is 13.8 Å². The zero-order valence-corrected chi connectivity index (χ0v) is 13.1. The van der Waals surface area contributed by atoms with Crippen molar-refractivity contribution in [1.29, 1.82) is 0 Å². The highest BCUT2D eigenvalue weighted by Gasteiger charge is 2.24. The van der Waals surface area contributed by atoms with Crippen molar-refractivity contribution < 1.29 is 24.5 Å². The molecule has 0 heterocycles. The Balaban J connectivity index is 2.68. The molecule has 1 aromatic rings. The number of carboxylic acid groups (broad SMARTS) is 1. The third-order valence-electron chi connectivity index (χ3n) is 3.21. The fourth-order valence-electron chi connectivity index (χ4n) is 2.02. The minimum Gasteiger partial charge on any atom is -0.497 e. The van der Waals surface area contributed by atoms with Crippen LogP contribution in [0.15, 0.2) is 24.3 Å². The highest BCUT2D eigenvalue weighted by atomic mass is 16.5. The van der Waals surface area contributed by atoms with Crippen LogP contribution in [0.1, 0.15) is 25.8 Å². The molecule has 1 aromatic carbocycles. The summed E-state index contributed by atoms with van der Waals surface area (Å²) in [6, 6.07) is 5.85. The number of carbonyl (C=O) groups excluding carboxylic acids is 1. The summed E-state index contributed by atoms with van der Waals surface area (Å²) in [5.41, 5.74) is 0.756. The summed E-state index contributed by atoms with van der Waals surface area (Å²) < 4.78 is 5.04. The van der Waals surface area contributed by atoms with Crippen LogP contribution in [-0.4, -0.2) is 41.3 Å². The number of aliphatic hydroxyl groups excluding tert-OH is 1. The molecular weight excluding hydrogens is 286 g/mol. The van der Waals surface area contributed by atoms with Gasteiger partial charge in [-0.3, -0.25) is 4.79 Å². The van der Waals surface area contributed by atoms with Crippen LogP contribution in [0.5, 0.6) is 5.75 Å². The number of carbonyl (C=O) groups is 2. The van der Waals surface area contributed by atoms with Crippen LogP contribution in [0.4, 0.5) is 0 Å². The first-order valence-corrected chi connectivity index (χ1v) is 7.17. The second kappa shape index (κ2) is 8.38. The number of benzene rings is 1. The second-order valence-electron chi connectivity index (χ2n) is 5.60. The van der Waals surface area contributed by atoms with Gasteiger partial charge in [-0.1, -0.05) is 26.0 Å². The molecule has 0 unspecified atom stereocenters. The van der Waals surface area contributed by atoms with Crippen LogP contribution in [-0.2, 0) is 16.0 Å². The van der Waals surface area contributed by atoms with E-state index in [0.717, 1.165) is 5.56 Å². The lowest BCUT2D eigenvalue weighted by molar-refractivity contribution is -0.143. The van der Waals surface area contributed by atoms with Gasteiger partial charge in [0.15, 0.2) is 0 Å². The zero-order chi connectivity index (χ0) is 16.7. The van der Waals surface area contributed by atoms with Gasteiger partial charge in [0, 0.05) is 6.42 Å². The van der Waals surface area contributed by atoms with Gasteiger partial charge >= 0.3 is 5.97 Å². The molecule has 0 aromatic heterocycles. The first-order chi connectivity index (χ1) is 10.3. The van der Waals surface area contributed by atoms with Crippen LogP contribution in [0, 0.1) is 5.92 Å². The van der Waals surface area contributed by atoms with E-state index in [2.05, 4.69) is 5.32 Å². The summed E-state index contributed by atoms with van der Waals surface area (Å²) >= 11 is 0. The predicted octanol–water partition coefficient (Wildman–Crippen LogP) is 1.21. The number of methoxy groups -OCH3 is 1. The number of carboxylic acids is 1. The second-order valence-corrected chi connectivity index (χ2v) is 5.60. The molecule has 2 atom stereocenters. The van der Waals surface area contributed by atoms with Crippen molar-refractivity contribution in [2.45, 2.75) is 38.8 Å². The van der Waals surface area contributed by atoms with Crippen molar-refractivity contribution >= 4 is 11.9 Å². The van der Waals surface area contributed by atoms with Crippen LogP contribution < -0.4 is 10.1 Å². The Labute approximate surface area is 130 Å². The van der Waals surface area contributed by atoms with E-state index >= 15 is 0 Å². The number of hydrogen-bond donors (Lipinski definition) is 3. The molecule has 6 heteroatoms. The Morgan fingerprint density at radius 1 is 1.23 bits per heavy atom. The Bertz CT molecular complexity index is 498. The standard InChI is InChI=1S/C16H23NO5/c1-10(2)8-14(18)15(19)17-13(16(20)21)9-11-4-6-12(22-3)7-5-11/h4-7,10,13-14,18H,8-9H2,1-3H3,(H,17,19)(H,20,21)/t13-,14+/m1/s1. The van der Waals surface area contributed by atoms with Gasteiger partial charge in [0.05, 0.1) is 7.11 Å². The lowest BCUT2D eigenvalue weighted by atomic mass is 10.0. The monoisotopic (exact) mass is 309 g/mol. The van der Waals surface area contributed by atoms with Gasteiger partial charge in [-0.15, -0.1) is 0 Å². The lowest BCUT2D eigenvalue weighted by Gasteiger charge is -2.18. The Hall–Kier alpha value is -2.08. The minimum absolute atomic E-state index is 0.138. The van der Waals surface area contributed by atoms with E-state index < -0.39 is 24.0 Å². The summed E-state index contributed by atoms with van der Waals surface area (Å²) in [7, 11) is 1.55. The Kier molecular flexibility index (Phi) is 6.85. The highest BCUT2D eigenvalue weighted by Crippen LogP contribution is 2.13. The predicted molar refractivity (Wildman–Crippen MR) is 81.7 cm³/mol. The number of amides is 1. The largest absolute Gasteiger partial charge is 0.497 e. The minimum atomic E-state index is -1.20. The molecule has 0 saturated carbocycles. The number of aliphatic hydroxyl groups is 1. The number of ether oxygens (including phenoxy) is 1. The van der Waals surface area contributed by atoms with Gasteiger partial charge in [0.1, 0.15) is 17.9 Å². The van der Waals surface area contributed by atoms with Gasteiger partial charge in [0.25, 0.3) is 0 Å². The van der Waals surface area contributed by atoms with E-state index in [4.69, 9.17) is 4.74 Å². The number of rotatable bonds is 8. The van der Waals surface area contributed by atoms with Gasteiger partial charge in [-0.05, 0) is 30.0 Å². The van der Waals surface area contributed by atoms with Crippen LogP contribution in [0.25, 0.3) is 0 Å². The third kappa shape index (κ3) is 5.73. The van der Waals surface area contributed by atoms with Crippen molar-refractivity contribution in [3.05, 3.63) is 29.8 Å². The van der Waals surface area contributed by atoms with E-state index in [0.29, 0.717) is 12.2 Å². The Morgan fingerprint density at radius 3 is 2.27 bits per heavy atom. The maximum absolute atomic E-state index is 11.8. The first kappa shape index (κ1) is 18.0. The van der Waals surface area contributed by atoms with Crippen LogP contribution in [0.3, 0.4) is 0 Å². The van der Waals surface area contributed by atoms with Crippen molar-refractivity contribution in [3.8, 4) is 5.75 Å². The zero-order valence-electron chi connectivity index (χ0n) is 13.1. The van der Waals surface area contributed by atoms with Gasteiger partial charge in [-0.2, -0.15) is 0 Å². The lowest BCUT2D eigenvalue weighted by Crippen LogP contribution is -2.46. The summed E-state index contributed by atoms with van der Waals surface area (Å²) in [5, 5.41) is 21.3. The molecular formula is C16H23NO5. The van der Waals surface area contributed by atoms with Gasteiger partial charge in [-0.25, -0.2) is 4.79 Å². The molecule has 0 aliphatic rings. The topological polar surface area (TPSA) is 95.9 Å². The summed E-state index contributed by atoms with van der Waals surface area (Å²) in [5.74, 6) is -0.979. The van der Waals surface area contributed by atoms with E-state index in [1.54, 1.807) is 31.4 Å². The quantitative estimate of drug-likeness (QED) is 0.671. The van der Waals surface area contributed by atoms with Crippen molar-refractivity contribution in [3.63, 3.8) is 0 Å². The fourth-order valence-corrected chi connectivity index (χ4v) is 2.02. The molecule has 0 aliphatic heterocycles. The number of hydrogen-bond acceptors (Lipinski definition) is 4. The molecule has 3 N–H and O–H groups in total. The van der Waals surface area contributed by atoms with E-state index in [-0.39, 0.29) is 12.3 Å². The van der Waals surface area contributed by atoms with Gasteiger partial charge < -0.3 is 20.3 Å². The molecule has 0 spiro atoms. The first-order valence-electron chi connectivity index (χ1n) is 7.17. The molecule has 0 fully saturated rings. The smallest absolute Gasteiger partial charge is 0.326 e. The highest BCUT2D eigenvalue weighted by molar-refractivity contribution is 5.86. The summed E-state index contributed by atoms with van der Waals surface area (Å²) in [6.07, 6.45) is -0.766. The molecule has 1 amide bonds. The molecule has 22 heavy (non-hydrogen) atoms. The van der Waals surface area contributed by atoms with Crippen molar-refractivity contribution in [2.24, 2.45) is 5.92 Å². The van der Waals surface area contributed by atoms with Crippen molar-refractivity contribution in [2.75, 3.05) is 7.11 Å². The molecule has 1 rings (SSSR count). The van der Waals surface area contributed by atoms with Crippen LogP contribution >= 0.6 is 0 Å². The molecule has 122 valence electrons. The number of aliphatic carboxylic acids is 1. The van der Waals surface area contributed by atoms with Gasteiger partial charge in [0.2, 0.25) is 5.91 Å². The maximum Gasteiger partial charge on any atom is 0.326 e. The molecule has 0 saturated heterocycles. The summed E-state index contributed by atoms with van der Waals surface area (Å²) in [6.45, 7) is 3.76. The van der Waals surface area contributed by atoms with E-state index in [9.17, 15) is 19.8 Å². The third-order valence-corrected chi connectivity index (χ3v) is 3.21. The average molecular weight is 309 g/mol. The molecule has 0 aliphatic carbocycles.